The molecule has 0 N–H and O–H groups in total. The van der Waals surface area contributed by atoms with Crippen LogP contribution in [0.5, 0.6) is 0 Å². The summed E-state index contributed by atoms with van der Waals surface area (Å²) in [5.41, 5.74) is 2.36. The molecule has 0 aromatic carbocycles. The molecule has 4 nitrogen and oxygen atoms in total. The van der Waals surface area contributed by atoms with Crippen LogP contribution >= 0.6 is 0 Å². The van der Waals surface area contributed by atoms with Gasteiger partial charge in [-0.25, -0.2) is 9.59 Å². The molecule has 3 aliphatic rings. The third-order valence-corrected chi connectivity index (χ3v) is 6.38. The molecule has 4 heteroatoms. The van der Waals surface area contributed by atoms with Crippen LogP contribution in [0.2, 0.25) is 0 Å². The Morgan fingerprint density at radius 2 is 1.69 bits per heavy atom. The van der Waals surface area contributed by atoms with E-state index >= 15 is 0 Å². The fourth-order valence-corrected chi connectivity index (χ4v) is 5.19. The molecule has 142 valence electrons. The number of allylic oxidation sites excluding steroid dienone is 1. The van der Waals surface area contributed by atoms with Crippen molar-refractivity contribution in [3.8, 4) is 0 Å². The van der Waals surface area contributed by atoms with E-state index < -0.39 is 0 Å². The van der Waals surface area contributed by atoms with Gasteiger partial charge in [-0.1, -0.05) is 24.8 Å². The van der Waals surface area contributed by atoms with Crippen LogP contribution in [0, 0.1) is 29.6 Å². The lowest BCUT2D eigenvalue weighted by Crippen LogP contribution is -2.25. The molecule has 0 spiro atoms. The first-order valence-electron chi connectivity index (χ1n) is 9.71. The van der Waals surface area contributed by atoms with Crippen LogP contribution in [0.1, 0.15) is 46.0 Å². The molecule has 0 radical (unpaired) electrons. The number of carbonyl (C=O) groups excluding carboxylic acids is 2. The summed E-state index contributed by atoms with van der Waals surface area (Å²) in [7, 11) is 0. The van der Waals surface area contributed by atoms with Crippen molar-refractivity contribution in [1.82, 2.24) is 0 Å². The molecule has 3 rings (SSSR count). The summed E-state index contributed by atoms with van der Waals surface area (Å²) >= 11 is 0. The summed E-state index contributed by atoms with van der Waals surface area (Å²) in [6, 6.07) is 0. The Bertz CT molecular complexity index is 645. The van der Waals surface area contributed by atoms with E-state index in [4.69, 9.17) is 9.47 Å². The lowest BCUT2D eigenvalue weighted by Gasteiger charge is -2.31. The van der Waals surface area contributed by atoms with Crippen molar-refractivity contribution in [2.45, 2.75) is 46.0 Å². The zero-order valence-corrected chi connectivity index (χ0v) is 16.0. The molecule has 26 heavy (non-hydrogen) atoms. The quantitative estimate of drug-likeness (QED) is 0.370. The van der Waals surface area contributed by atoms with E-state index in [1.807, 2.05) is 0 Å². The molecule has 0 heterocycles. The SMILES string of the molecule is C=C(C)C(=O)OCCC1=CC2C(C1)C1CC(CCOC(=O)C(=C)C)C2C1. The second-order valence-electron chi connectivity index (χ2n) is 8.30. The van der Waals surface area contributed by atoms with Crippen molar-refractivity contribution in [2.75, 3.05) is 13.2 Å². The normalized spacial score (nSPS) is 31.3. The monoisotopic (exact) mass is 358 g/mol. The van der Waals surface area contributed by atoms with Crippen LogP contribution in [0.4, 0.5) is 0 Å². The molecule has 5 unspecified atom stereocenters. The van der Waals surface area contributed by atoms with Crippen LogP contribution in [-0.2, 0) is 19.1 Å². The maximum atomic E-state index is 11.5. The fourth-order valence-electron chi connectivity index (χ4n) is 5.19. The van der Waals surface area contributed by atoms with Gasteiger partial charge in [-0.3, -0.25) is 0 Å². The third-order valence-electron chi connectivity index (χ3n) is 6.38. The van der Waals surface area contributed by atoms with E-state index in [2.05, 4.69) is 19.2 Å². The van der Waals surface area contributed by atoms with Gasteiger partial charge in [0.15, 0.2) is 0 Å². The maximum Gasteiger partial charge on any atom is 0.333 e. The summed E-state index contributed by atoms with van der Waals surface area (Å²) < 4.78 is 10.5. The predicted octanol–water partition coefficient (Wildman–Crippen LogP) is 4.22. The van der Waals surface area contributed by atoms with Crippen LogP contribution in [0.3, 0.4) is 0 Å². The van der Waals surface area contributed by atoms with Gasteiger partial charge in [0.05, 0.1) is 13.2 Å². The standard InChI is InChI=1S/C22H30O4/c1-13(2)21(23)25-7-5-15-9-18-17-11-16(19(12-17)20(18)10-15)6-8-26-22(24)14(3)4/h10,16-20H,1,3,5-9,11-12H2,2,4H3. The number of esters is 2. The van der Waals surface area contributed by atoms with Gasteiger partial charge >= 0.3 is 11.9 Å². The number of hydrogen-bond donors (Lipinski definition) is 0. The Labute approximate surface area is 156 Å². The van der Waals surface area contributed by atoms with E-state index in [0.717, 1.165) is 37.0 Å². The molecule has 0 aromatic rings. The molecule has 0 amide bonds. The molecule has 2 bridgehead atoms. The highest BCUT2D eigenvalue weighted by Crippen LogP contribution is 2.61. The van der Waals surface area contributed by atoms with Gasteiger partial charge in [0.2, 0.25) is 0 Å². The summed E-state index contributed by atoms with van der Waals surface area (Å²) in [5.74, 6) is 3.06. The number of rotatable bonds is 8. The predicted molar refractivity (Wildman–Crippen MR) is 100 cm³/mol. The van der Waals surface area contributed by atoms with Crippen LogP contribution < -0.4 is 0 Å². The summed E-state index contributed by atoms with van der Waals surface area (Å²) in [6.45, 7) is 11.5. The highest BCUT2D eigenvalue weighted by atomic mass is 16.5. The minimum absolute atomic E-state index is 0.279. The fraction of sp³-hybridized carbons (Fsp3) is 0.636. The minimum atomic E-state index is -0.298. The molecule has 3 aliphatic carbocycles. The van der Waals surface area contributed by atoms with Crippen molar-refractivity contribution in [2.24, 2.45) is 29.6 Å². The Hall–Kier alpha value is -1.84. The summed E-state index contributed by atoms with van der Waals surface area (Å²) in [4.78, 5) is 23.0. The Kier molecular flexibility index (Phi) is 5.69. The number of hydrogen-bond acceptors (Lipinski definition) is 4. The van der Waals surface area contributed by atoms with Crippen LogP contribution in [0.15, 0.2) is 36.0 Å². The van der Waals surface area contributed by atoms with Gasteiger partial charge in [-0.2, -0.15) is 0 Å². The number of carbonyl (C=O) groups is 2. The number of fused-ring (bicyclic) bond motifs is 5. The van der Waals surface area contributed by atoms with Crippen molar-refractivity contribution in [1.29, 1.82) is 0 Å². The lowest BCUT2D eigenvalue weighted by atomic mass is 9.74. The van der Waals surface area contributed by atoms with Gasteiger partial charge in [0.1, 0.15) is 0 Å². The first-order valence-corrected chi connectivity index (χ1v) is 9.71. The first kappa shape index (κ1) is 18.9. The molecule has 0 aromatic heterocycles. The smallest absolute Gasteiger partial charge is 0.333 e. The third kappa shape index (κ3) is 3.94. The van der Waals surface area contributed by atoms with Gasteiger partial charge in [0.25, 0.3) is 0 Å². The van der Waals surface area contributed by atoms with E-state index in [0.29, 0.717) is 36.2 Å². The van der Waals surface area contributed by atoms with E-state index in [-0.39, 0.29) is 11.9 Å². The largest absolute Gasteiger partial charge is 0.462 e. The molecule has 0 aliphatic heterocycles. The zero-order chi connectivity index (χ0) is 18.8. The second kappa shape index (κ2) is 7.81. The van der Waals surface area contributed by atoms with Crippen molar-refractivity contribution in [3.05, 3.63) is 36.0 Å². The Morgan fingerprint density at radius 3 is 2.35 bits per heavy atom. The van der Waals surface area contributed by atoms with Crippen molar-refractivity contribution in [3.63, 3.8) is 0 Å². The van der Waals surface area contributed by atoms with Crippen molar-refractivity contribution < 1.29 is 19.1 Å². The Morgan fingerprint density at radius 1 is 1.04 bits per heavy atom. The molecule has 0 saturated heterocycles. The highest BCUT2D eigenvalue weighted by Gasteiger charge is 2.53. The minimum Gasteiger partial charge on any atom is -0.462 e. The van der Waals surface area contributed by atoms with E-state index in [1.165, 1.54) is 18.4 Å². The topological polar surface area (TPSA) is 52.6 Å². The second-order valence-corrected chi connectivity index (χ2v) is 8.30. The van der Waals surface area contributed by atoms with Gasteiger partial charge in [-0.05, 0) is 69.1 Å². The molecular weight excluding hydrogens is 328 g/mol. The average molecular weight is 358 g/mol. The van der Waals surface area contributed by atoms with Crippen molar-refractivity contribution >= 4 is 11.9 Å². The molecule has 2 fully saturated rings. The average Bonchev–Trinajstić information content (AvgIpc) is 3.25. The number of ether oxygens (including phenoxy) is 2. The van der Waals surface area contributed by atoms with E-state index in [1.54, 1.807) is 13.8 Å². The lowest BCUT2D eigenvalue weighted by molar-refractivity contribution is -0.140. The molecule has 5 atom stereocenters. The zero-order valence-electron chi connectivity index (χ0n) is 16.0. The maximum absolute atomic E-state index is 11.5. The summed E-state index contributed by atoms with van der Waals surface area (Å²) in [5, 5.41) is 0. The van der Waals surface area contributed by atoms with Crippen LogP contribution in [0.25, 0.3) is 0 Å². The van der Waals surface area contributed by atoms with Gasteiger partial charge < -0.3 is 9.47 Å². The molecular formula is C22H30O4. The first-order chi connectivity index (χ1) is 12.4. The highest BCUT2D eigenvalue weighted by molar-refractivity contribution is 5.87. The Balaban J connectivity index is 1.46. The summed E-state index contributed by atoms with van der Waals surface area (Å²) in [6.07, 6.45) is 8.00. The van der Waals surface area contributed by atoms with Crippen LogP contribution in [-0.4, -0.2) is 25.2 Å². The molecule has 2 saturated carbocycles. The van der Waals surface area contributed by atoms with E-state index in [9.17, 15) is 9.59 Å². The van der Waals surface area contributed by atoms with Gasteiger partial charge in [-0.15, -0.1) is 0 Å². The van der Waals surface area contributed by atoms with Gasteiger partial charge in [0, 0.05) is 17.6 Å².